The van der Waals surface area contributed by atoms with Gasteiger partial charge >= 0.3 is 0 Å². The van der Waals surface area contributed by atoms with Gasteiger partial charge in [0.05, 0.1) is 5.69 Å². The van der Waals surface area contributed by atoms with Gasteiger partial charge in [-0.3, -0.25) is 4.79 Å². The van der Waals surface area contributed by atoms with Crippen LogP contribution in [-0.4, -0.2) is 42.0 Å². The number of primary amides is 1. The number of nitrogens with zero attached hydrogens (tertiary/aromatic N) is 2. The predicted octanol–water partition coefficient (Wildman–Crippen LogP) is 0.907. The van der Waals surface area contributed by atoms with E-state index in [1.165, 1.54) is 6.07 Å². The van der Waals surface area contributed by atoms with Crippen molar-refractivity contribution in [1.82, 2.24) is 9.88 Å². The highest BCUT2D eigenvalue weighted by Gasteiger charge is 2.06. The Morgan fingerprint density at radius 1 is 1.37 bits per heavy atom. The Hall–Kier alpha value is -1.82. The van der Waals surface area contributed by atoms with Gasteiger partial charge in [-0.15, -0.1) is 0 Å². The van der Waals surface area contributed by atoms with E-state index in [-0.39, 0.29) is 5.69 Å². The molecule has 5 N–H and O–H groups in total. The van der Waals surface area contributed by atoms with Crippen molar-refractivity contribution in [2.75, 3.05) is 37.2 Å². The predicted molar refractivity (Wildman–Crippen MR) is 78.1 cm³/mol. The van der Waals surface area contributed by atoms with Crippen molar-refractivity contribution in [3.05, 3.63) is 17.8 Å². The summed E-state index contributed by atoms with van der Waals surface area (Å²) in [6.07, 6.45) is 0.990. The fourth-order valence-electron chi connectivity index (χ4n) is 1.80. The number of carbonyl (C=O) groups excluding carboxylic acids is 1. The molecule has 0 spiro atoms. The number of carbonyl (C=O) groups is 1. The van der Waals surface area contributed by atoms with Gasteiger partial charge in [-0.05, 0) is 38.2 Å². The zero-order valence-electron chi connectivity index (χ0n) is 11.6. The number of amides is 1. The normalized spacial score (nSPS) is 10.7. The van der Waals surface area contributed by atoms with Gasteiger partial charge in [-0.25, -0.2) is 4.98 Å². The smallest absolute Gasteiger partial charge is 0.267 e. The topological polar surface area (TPSA) is 97.3 Å². The lowest BCUT2D eigenvalue weighted by Crippen LogP contribution is -2.25. The Kier molecular flexibility index (Phi) is 6.08. The number of nitrogens with two attached hydrogens (primary N) is 2. The SMILES string of the molecule is CCN(CC)CCCNc1nc(C(N)=O)ccc1N. The van der Waals surface area contributed by atoms with Crippen molar-refractivity contribution >= 4 is 17.4 Å². The Bertz CT molecular complexity index is 417. The standard InChI is InChI=1S/C13H23N5O/c1-3-18(4-2)9-5-8-16-13-10(14)6-7-11(17-13)12(15)19/h6-7H,3-5,8-9,14H2,1-2H3,(H2,15,19)(H,16,17). The average Bonchev–Trinajstić information content (AvgIpc) is 2.40. The van der Waals surface area contributed by atoms with Crippen LogP contribution >= 0.6 is 0 Å². The molecule has 0 unspecified atom stereocenters. The number of hydrogen-bond acceptors (Lipinski definition) is 5. The first-order valence-corrected chi connectivity index (χ1v) is 6.61. The number of rotatable bonds is 8. The Morgan fingerprint density at radius 2 is 2.05 bits per heavy atom. The van der Waals surface area contributed by atoms with Crippen LogP contribution in [0.25, 0.3) is 0 Å². The molecule has 0 aliphatic carbocycles. The minimum atomic E-state index is -0.550. The lowest BCUT2D eigenvalue weighted by atomic mass is 10.3. The van der Waals surface area contributed by atoms with E-state index in [1.807, 2.05) is 0 Å². The molecule has 0 fully saturated rings. The van der Waals surface area contributed by atoms with Gasteiger partial charge < -0.3 is 21.7 Å². The molecular formula is C13H23N5O. The van der Waals surface area contributed by atoms with Crippen molar-refractivity contribution in [3.8, 4) is 0 Å². The molecule has 6 nitrogen and oxygen atoms in total. The lowest BCUT2D eigenvalue weighted by molar-refractivity contribution is 0.0996. The fraction of sp³-hybridized carbons (Fsp3) is 0.538. The van der Waals surface area contributed by atoms with Crippen molar-refractivity contribution in [1.29, 1.82) is 0 Å². The number of nitrogen functional groups attached to an aromatic ring is 1. The molecule has 0 bridgehead atoms. The number of hydrogen-bond donors (Lipinski definition) is 3. The summed E-state index contributed by atoms with van der Waals surface area (Å²) in [5.41, 5.74) is 11.7. The van der Waals surface area contributed by atoms with Gasteiger partial charge in [-0.1, -0.05) is 13.8 Å². The lowest BCUT2D eigenvalue weighted by Gasteiger charge is -2.18. The molecule has 6 heteroatoms. The van der Waals surface area contributed by atoms with Crippen molar-refractivity contribution in [2.45, 2.75) is 20.3 Å². The van der Waals surface area contributed by atoms with Crippen molar-refractivity contribution < 1.29 is 4.79 Å². The first-order valence-electron chi connectivity index (χ1n) is 6.61. The van der Waals surface area contributed by atoms with Gasteiger partial charge in [0, 0.05) is 6.54 Å². The largest absolute Gasteiger partial charge is 0.396 e. The third-order valence-corrected chi connectivity index (χ3v) is 3.02. The van der Waals surface area contributed by atoms with E-state index in [4.69, 9.17) is 11.5 Å². The van der Waals surface area contributed by atoms with Crippen LogP contribution in [0.2, 0.25) is 0 Å². The maximum Gasteiger partial charge on any atom is 0.267 e. The van der Waals surface area contributed by atoms with E-state index in [2.05, 4.69) is 29.0 Å². The first kappa shape index (κ1) is 15.2. The zero-order chi connectivity index (χ0) is 14.3. The summed E-state index contributed by atoms with van der Waals surface area (Å²) in [7, 11) is 0. The summed E-state index contributed by atoms with van der Waals surface area (Å²) >= 11 is 0. The molecule has 0 atom stereocenters. The third kappa shape index (κ3) is 4.75. The molecule has 1 amide bonds. The monoisotopic (exact) mass is 265 g/mol. The van der Waals surface area contributed by atoms with E-state index in [1.54, 1.807) is 6.07 Å². The second-order valence-corrected chi connectivity index (χ2v) is 4.31. The van der Waals surface area contributed by atoms with Gasteiger partial charge in [-0.2, -0.15) is 0 Å². The van der Waals surface area contributed by atoms with Crippen LogP contribution in [0.4, 0.5) is 11.5 Å². The Balaban J connectivity index is 2.48. The number of anilines is 2. The molecular weight excluding hydrogens is 242 g/mol. The second-order valence-electron chi connectivity index (χ2n) is 4.31. The minimum Gasteiger partial charge on any atom is -0.396 e. The summed E-state index contributed by atoms with van der Waals surface area (Å²) in [5, 5.41) is 3.14. The van der Waals surface area contributed by atoms with E-state index >= 15 is 0 Å². The summed E-state index contributed by atoms with van der Waals surface area (Å²) < 4.78 is 0. The van der Waals surface area contributed by atoms with Gasteiger partial charge in [0.15, 0.2) is 0 Å². The average molecular weight is 265 g/mol. The maximum atomic E-state index is 11.0. The minimum absolute atomic E-state index is 0.223. The summed E-state index contributed by atoms with van der Waals surface area (Å²) in [6.45, 7) is 8.17. The van der Waals surface area contributed by atoms with Crippen LogP contribution in [-0.2, 0) is 0 Å². The van der Waals surface area contributed by atoms with Crippen LogP contribution in [0, 0.1) is 0 Å². The molecule has 1 aromatic heterocycles. The maximum absolute atomic E-state index is 11.0. The third-order valence-electron chi connectivity index (χ3n) is 3.02. The Labute approximate surface area is 114 Å². The highest BCUT2D eigenvalue weighted by molar-refractivity contribution is 5.91. The quantitative estimate of drug-likeness (QED) is 0.607. The molecule has 0 saturated heterocycles. The van der Waals surface area contributed by atoms with Crippen molar-refractivity contribution in [3.63, 3.8) is 0 Å². The second kappa shape index (κ2) is 7.58. The van der Waals surface area contributed by atoms with Crippen LogP contribution in [0.15, 0.2) is 12.1 Å². The molecule has 106 valence electrons. The molecule has 1 heterocycles. The molecule has 0 aliphatic heterocycles. The summed E-state index contributed by atoms with van der Waals surface area (Å²) in [5.74, 6) is -0.0259. The highest BCUT2D eigenvalue weighted by Crippen LogP contribution is 2.15. The van der Waals surface area contributed by atoms with Crippen LogP contribution in [0.5, 0.6) is 0 Å². The zero-order valence-corrected chi connectivity index (χ0v) is 11.6. The van der Waals surface area contributed by atoms with Gasteiger partial charge in [0.1, 0.15) is 11.5 Å². The molecule has 0 aliphatic rings. The number of aromatic nitrogens is 1. The summed E-state index contributed by atoms with van der Waals surface area (Å²) in [6, 6.07) is 3.17. The molecule has 0 saturated carbocycles. The van der Waals surface area contributed by atoms with Crippen molar-refractivity contribution in [2.24, 2.45) is 5.73 Å². The molecule has 19 heavy (non-hydrogen) atoms. The molecule has 1 aromatic rings. The van der Waals surface area contributed by atoms with Crippen LogP contribution in [0.1, 0.15) is 30.8 Å². The van der Waals surface area contributed by atoms with E-state index < -0.39 is 5.91 Å². The first-order chi connectivity index (χ1) is 9.08. The molecule has 1 rings (SSSR count). The number of pyridine rings is 1. The highest BCUT2D eigenvalue weighted by atomic mass is 16.1. The molecule has 0 radical (unpaired) electrons. The number of nitrogens with one attached hydrogen (secondary N) is 1. The van der Waals surface area contributed by atoms with Gasteiger partial charge in [0.25, 0.3) is 5.91 Å². The Morgan fingerprint density at radius 3 is 2.63 bits per heavy atom. The van der Waals surface area contributed by atoms with E-state index in [0.29, 0.717) is 11.5 Å². The molecule has 0 aromatic carbocycles. The van der Waals surface area contributed by atoms with Crippen LogP contribution in [0.3, 0.4) is 0 Å². The fourth-order valence-corrected chi connectivity index (χ4v) is 1.80. The summed E-state index contributed by atoms with van der Waals surface area (Å²) in [4.78, 5) is 17.5. The van der Waals surface area contributed by atoms with Gasteiger partial charge in [0.2, 0.25) is 0 Å². The van der Waals surface area contributed by atoms with Crippen LogP contribution < -0.4 is 16.8 Å². The van der Waals surface area contributed by atoms with E-state index in [9.17, 15) is 4.79 Å². The van der Waals surface area contributed by atoms with E-state index in [0.717, 1.165) is 32.6 Å².